The van der Waals surface area contributed by atoms with Gasteiger partial charge in [0, 0.05) is 25.6 Å². The molecular weight excluding hydrogens is 370 g/mol. The summed E-state index contributed by atoms with van der Waals surface area (Å²) in [6.45, 7) is 5.59. The van der Waals surface area contributed by atoms with E-state index in [1.807, 2.05) is 24.3 Å². The van der Waals surface area contributed by atoms with E-state index in [2.05, 4.69) is 34.5 Å². The van der Waals surface area contributed by atoms with E-state index in [1.165, 1.54) is 4.80 Å². The van der Waals surface area contributed by atoms with Gasteiger partial charge >= 0.3 is 5.69 Å². The molecule has 0 aliphatic carbocycles. The molecule has 1 atom stereocenters. The van der Waals surface area contributed by atoms with E-state index in [0.29, 0.717) is 31.8 Å². The Kier molecular flexibility index (Phi) is 5.46. The van der Waals surface area contributed by atoms with Gasteiger partial charge in [-0.3, -0.25) is 9.36 Å². The number of carbonyl (C=O) groups is 1. The van der Waals surface area contributed by atoms with Gasteiger partial charge in [0.25, 0.3) is 0 Å². The molecule has 0 spiro atoms. The third kappa shape index (κ3) is 4.38. The first-order valence-corrected chi connectivity index (χ1v) is 10.3. The highest BCUT2D eigenvalue weighted by atomic mass is 16.2. The maximum Gasteiger partial charge on any atom is 0.345 e. The Labute approximate surface area is 168 Å². The Morgan fingerprint density at radius 1 is 1.17 bits per heavy atom. The highest BCUT2D eigenvalue weighted by Gasteiger charge is 2.22. The molecule has 0 saturated heterocycles. The molecule has 4 rings (SSSR count). The molecule has 1 N–H and O–H groups in total. The highest BCUT2D eigenvalue weighted by Crippen LogP contribution is 2.13. The standard InChI is InChI=1S/C20H27N7O2/c1-14(2)9-12-26-20(29)25-11-10-15(7-8-18(25)24-26)21-19(28)13-27-22-16-5-3-4-6-17(16)23-27/h3-6,14-15H,7-13H2,1-2H3,(H,21,28). The molecule has 1 unspecified atom stereocenters. The first-order valence-electron chi connectivity index (χ1n) is 10.3. The van der Waals surface area contributed by atoms with Crippen LogP contribution in [0, 0.1) is 5.92 Å². The summed E-state index contributed by atoms with van der Waals surface area (Å²) < 4.78 is 3.34. The number of nitrogens with one attached hydrogen (secondary N) is 1. The number of rotatable bonds is 6. The van der Waals surface area contributed by atoms with Gasteiger partial charge in [-0.1, -0.05) is 26.0 Å². The van der Waals surface area contributed by atoms with Crippen LogP contribution < -0.4 is 11.0 Å². The largest absolute Gasteiger partial charge is 0.352 e. The number of fused-ring (bicyclic) bond motifs is 2. The summed E-state index contributed by atoms with van der Waals surface area (Å²) in [4.78, 5) is 26.5. The summed E-state index contributed by atoms with van der Waals surface area (Å²) >= 11 is 0. The quantitative estimate of drug-likeness (QED) is 0.677. The predicted octanol–water partition coefficient (Wildman–Crippen LogP) is 1.36. The van der Waals surface area contributed by atoms with Crippen molar-refractivity contribution in [3.63, 3.8) is 0 Å². The molecule has 154 valence electrons. The number of amides is 1. The molecule has 2 aromatic heterocycles. The Morgan fingerprint density at radius 3 is 2.59 bits per heavy atom. The summed E-state index contributed by atoms with van der Waals surface area (Å²) in [5, 5.41) is 16.2. The lowest BCUT2D eigenvalue weighted by Crippen LogP contribution is -2.38. The molecule has 29 heavy (non-hydrogen) atoms. The van der Waals surface area contributed by atoms with Crippen molar-refractivity contribution in [1.82, 2.24) is 34.7 Å². The molecule has 1 aromatic carbocycles. The van der Waals surface area contributed by atoms with Crippen molar-refractivity contribution in [2.75, 3.05) is 0 Å². The minimum Gasteiger partial charge on any atom is -0.352 e. The van der Waals surface area contributed by atoms with E-state index >= 15 is 0 Å². The number of aromatic nitrogens is 6. The van der Waals surface area contributed by atoms with E-state index in [-0.39, 0.29) is 24.2 Å². The van der Waals surface area contributed by atoms with Crippen LogP contribution in [0.25, 0.3) is 11.0 Å². The van der Waals surface area contributed by atoms with Crippen LogP contribution in [0.2, 0.25) is 0 Å². The van der Waals surface area contributed by atoms with E-state index in [9.17, 15) is 9.59 Å². The molecule has 0 saturated carbocycles. The van der Waals surface area contributed by atoms with Crippen molar-refractivity contribution in [3.8, 4) is 0 Å². The number of nitrogens with zero attached hydrogens (tertiary/aromatic N) is 6. The van der Waals surface area contributed by atoms with Crippen molar-refractivity contribution in [3.05, 3.63) is 40.6 Å². The molecule has 3 aromatic rings. The second kappa shape index (κ2) is 8.18. The van der Waals surface area contributed by atoms with Gasteiger partial charge in [-0.15, -0.1) is 0 Å². The van der Waals surface area contributed by atoms with Crippen LogP contribution in [0.5, 0.6) is 0 Å². The van der Waals surface area contributed by atoms with Gasteiger partial charge in [0.1, 0.15) is 23.4 Å². The molecule has 3 heterocycles. The summed E-state index contributed by atoms with van der Waals surface area (Å²) in [5.41, 5.74) is 1.50. The molecule has 9 nitrogen and oxygen atoms in total. The Balaban J connectivity index is 1.35. The number of benzene rings is 1. The summed E-state index contributed by atoms with van der Waals surface area (Å²) in [6, 6.07) is 7.55. The zero-order valence-corrected chi connectivity index (χ0v) is 16.9. The Hall–Kier alpha value is -2.97. The summed E-state index contributed by atoms with van der Waals surface area (Å²) in [5.74, 6) is 1.23. The van der Waals surface area contributed by atoms with E-state index in [1.54, 1.807) is 9.25 Å². The van der Waals surface area contributed by atoms with Crippen LogP contribution in [-0.4, -0.2) is 41.3 Å². The molecule has 1 amide bonds. The summed E-state index contributed by atoms with van der Waals surface area (Å²) in [7, 11) is 0. The molecule has 0 bridgehead atoms. The van der Waals surface area contributed by atoms with Crippen LogP contribution in [0.4, 0.5) is 0 Å². The lowest BCUT2D eigenvalue weighted by atomic mass is 10.1. The first kappa shape index (κ1) is 19.4. The van der Waals surface area contributed by atoms with Crippen molar-refractivity contribution in [2.45, 2.75) is 65.2 Å². The van der Waals surface area contributed by atoms with Crippen molar-refractivity contribution >= 4 is 16.9 Å². The number of aryl methyl sites for hydroxylation is 2. The van der Waals surface area contributed by atoms with Crippen molar-refractivity contribution in [1.29, 1.82) is 0 Å². The SMILES string of the molecule is CC(C)CCn1nc2n(c1=O)CCC(NC(=O)Cn1nc3ccccc3n1)CC2. The van der Waals surface area contributed by atoms with Gasteiger partial charge in [-0.05, 0) is 37.3 Å². The van der Waals surface area contributed by atoms with E-state index in [0.717, 1.165) is 29.7 Å². The topological polar surface area (TPSA) is 99.6 Å². The minimum absolute atomic E-state index is 0.0118. The van der Waals surface area contributed by atoms with Gasteiger partial charge in [-0.25, -0.2) is 9.48 Å². The maximum absolute atomic E-state index is 12.6. The maximum atomic E-state index is 12.6. The Morgan fingerprint density at radius 2 is 1.90 bits per heavy atom. The van der Waals surface area contributed by atoms with E-state index < -0.39 is 0 Å². The second-order valence-corrected chi connectivity index (χ2v) is 8.07. The number of carbonyl (C=O) groups excluding carboxylic acids is 1. The van der Waals surface area contributed by atoms with Gasteiger partial charge in [0.05, 0.1) is 0 Å². The molecule has 1 aliphatic rings. The highest BCUT2D eigenvalue weighted by molar-refractivity contribution is 5.77. The smallest absolute Gasteiger partial charge is 0.345 e. The van der Waals surface area contributed by atoms with Crippen LogP contribution in [0.3, 0.4) is 0 Å². The minimum atomic E-state index is -0.121. The van der Waals surface area contributed by atoms with Crippen LogP contribution in [0.1, 0.15) is 38.9 Å². The zero-order valence-electron chi connectivity index (χ0n) is 16.9. The van der Waals surface area contributed by atoms with Crippen molar-refractivity contribution < 1.29 is 4.79 Å². The molecule has 0 fully saturated rings. The lowest BCUT2D eigenvalue weighted by Gasteiger charge is -2.15. The number of hydrogen-bond acceptors (Lipinski definition) is 5. The molecule has 0 radical (unpaired) electrons. The monoisotopic (exact) mass is 397 g/mol. The van der Waals surface area contributed by atoms with Gasteiger partial charge in [0.15, 0.2) is 0 Å². The van der Waals surface area contributed by atoms with Crippen LogP contribution in [0.15, 0.2) is 29.1 Å². The second-order valence-electron chi connectivity index (χ2n) is 8.07. The van der Waals surface area contributed by atoms with Crippen LogP contribution >= 0.6 is 0 Å². The summed E-state index contributed by atoms with van der Waals surface area (Å²) in [6.07, 6.45) is 3.09. The van der Waals surface area contributed by atoms with Gasteiger partial charge in [0.2, 0.25) is 5.91 Å². The third-order valence-electron chi connectivity index (χ3n) is 5.31. The van der Waals surface area contributed by atoms with Crippen LogP contribution in [-0.2, 0) is 30.8 Å². The fraction of sp³-hybridized carbons (Fsp3) is 0.550. The fourth-order valence-corrected chi connectivity index (χ4v) is 3.68. The van der Waals surface area contributed by atoms with Gasteiger partial charge in [-0.2, -0.15) is 20.1 Å². The van der Waals surface area contributed by atoms with Crippen molar-refractivity contribution in [2.24, 2.45) is 5.92 Å². The zero-order chi connectivity index (χ0) is 20.4. The third-order valence-corrected chi connectivity index (χ3v) is 5.31. The number of hydrogen-bond donors (Lipinski definition) is 1. The average Bonchev–Trinajstić information content (AvgIpc) is 3.15. The normalized spacial score (nSPS) is 16.7. The molecular formula is C20H27N7O2. The fourth-order valence-electron chi connectivity index (χ4n) is 3.68. The van der Waals surface area contributed by atoms with Gasteiger partial charge < -0.3 is 5.32 Å². The lowest BCUT2D eigenvalue weighted by molar-refractivity contribution is -0.122. The first-order chi connectivity index (χ1) is 14.0. The predicted molar refractivity (Wildman–Crippen MR) is 108 cm³/mol. The Bertz CT molecular complexity index is 1030. The average molecular weight is 397 g/mol. The molecule has 9 heteroatoms. The van der Waals surface area contributed by atoms with E-state index in [4.69, 9.17) is 0 Å². The molecule has 1 aliphatic heterocycles.